The van der Waals surface area contributed by atoms with Crippen LogP contribution in [0, 0.1) is 0 Å². The van der Waals surface area contributed by atoms with Crippen molar-refractivity contribution in [1.29, 1.82) is 0 Å². The zero-order valence-electron chi connectivity index (χ0n) is 14.9. The number of hydrogen-bond donors (Lipinski definition) is 1. The molecule has 6 heteroatoms. The fourth-order valence-corrected chi connectivity index (χ4v) is 4.75. The lowest BCUT2D eigenvalue weighted by molar-refractivity contribution is -0.120. The van der Waals surface area contributed by atoms with E-state index in [0.29, 0.717) is 6.54 Å². The first-order valence-electron chi connectivity index (χ1n) is 8.52. The van der Waals surface area contributed by atoms with E-state index in [2.05, 4.69) is 16.4 Å². The molecule has 1 atom stereocenters. The van der Waals surface area contributed by atoms with Crippen molar-refractivity contribution in [3.63, 3.8) is 0 Å². The number of carbonyl (C=O) groups excluding carboxylic acids is 1. The first kappa shape index (κ1) is 18.9. The van der Waals surface area contributed by atoms with Gasteiger partial charge in [0.1, 0.15) is 10.1 Å². The quantitative estimate of drug-likeness (QED) is 0.799. The van der Waals surface area contributed by atoms with Crippen LogP contribution in [-0.4, -0.2) is 29.2 Å². The van der Waals surface area contributed by atoms with Gasteiger partial charge in [-0.05, 0) is 42.7 Å². The van der Waals surface area contributed by atoms with Gasteiger partial charge < -0.3 is 10.1 Å². The van der Waals surface area contributed by atoms with E-state index in [9.17, 15) is 4.79 Å². The number of thioether (sulfide) groups is 2. The van der Waals surface area contributed by atoms with Gasteiger partial charge in [-0.2, -0.15) is 0 Å². The summed E-state index contributed by atoms with van der Waals surface area (Å²) >= 11 is 3.22. The predicted octanol–water partition coefficient (Wildman–Crippen LogP) is 4.41. The summed E-state index contributed by atoms with van der Waals surface area (Å²) < 4.78 is 6.11. The highest BCUT2D eigenvalue weighted by molar-refractivity contribution is 8.39. The molecule has 1 aliphatic rings. The number of nitrogens with zero attached hydrogens (tertiary/aromatic N) is 1. The third-order valence-corrected chi connectivity index (χ3v) is 6.37. The summed E-state index contributed by atoms with van der Waals surface area (Å²) in [6.07, 6.45) is 0.802. The number of benzene rings is 2. The standard InChI is InChI=1S/C20H22N2O2S2/c1-14(26-20-22-18-6-4-3-5-16(18)13-25-20)19(23)21-12-11-15-7-9-17(24-2)10-8-15/h3-10,14H,11-13H2,1-2H3,(H,21,23). The molecule has 26 heavy (non-hydrogen) atoms. The molecule has 1 unspecified atom stereocenters. The highest BCUT2D eigenvalue weighted by Gasteiger charge is 2.19. The summed E-state index contributed by atoms with van der Waals surface area (Å²) in [4.78, 5) is 17.0. The molecule has 4 nitrogen and oxygen atoms in total. The molecule has 0 fully saturated rings. The fourth-order valence-electron chi connectivity index (χ4n) is 2.54. The van der Waals surface area contributed by atoms with Crippen LogP contribution < -0.4 is 10.1 Å². The van der Waals surface area contributed by atoms with Crippen molar-refractivity contribution in [3.05, 3.63) is 59.7 Å². The minimum Gasteiger partial charge on any atom is -0.497 e. The maximum absolute atomic E-state index is 12.3. The Morgan fingerprint density at radius 1 is 1.27 bits per heavy atom. The Labute approximate surface area is 162 Å². The molecule has 2 aromatic rings. The Bertz CT molecular complexity index is 791. The van der Waals surface area contributed by atoms with Crippen LogP contribution in [0.25, 0.3) is 0 Å². The van der Waals surface area contributed by atoms with E-state index in [4.69, 9.17) is 4.74 Å². The maximum Gasteiger partial charge on any atom is 0.233 e. The van der Waals surface area contributed by atoms with Gasteiger partial charge in [0.15, 0.2) is 0 Å². The summed E-state index contributed by atoms with van der Waals surface area (Å²) in [5.74, 6) is 1.80. The molecule has 136 valence electrons. The van der Waals surface area contributed by atoms with E-state index in [1.165, 1.54) is 22.9 Å². The van der Waals surface area contributed by atoms with Crippen LogP contribution in [0.3, 0.4) is 0 Å². The second-order valence-electron chi connectivity index (χ2n) is 5.94. The van der Waals surface area contributed by atoms with Crippen LogP contribution in [0.2, 0.25) is 0 Å². The van der Waals surface area contributed by atoms with Gasteiger partial charge in [0.2, 0.25) is 5.91 Å². The average Bonchev–Trinajstić information content (AvgIpc) is 2.68. The number of aliphatic imine (C=N–C) groups is 1. The number of para-hydroxylation sites is 1. The Hall–Kier alpha value is -1.92. The van der Waals surface area contributed by atoms with Crippen LogP contribution in [-0.2, 0) is 17.0 Å². The predicted molar refractivity (Wildman–Crippen MR) is 112 cm³/mol. The minimum absolute atomic E-state index is 0.0469. The van der Waals surface area contributed by atoms with Crippen molar-refractivity contribution in [2.45, 2.75) is 24.3 Å². The molecule has 0 radical (unpaired) electrons. The van der Waals surface area contributed by atoms with Gasteiger partial charge in [-0.15, -0.1) is 0 Å². The topological polar surface area (TPSA) is 50.7 Å². The lowest BCUT2D eigenvalue weighted by atomic mass is 10.1. The molecule has 0 aromatic heterocycles. The number of hydrogen-bond acceptors (Lipinski definition) is 5. The van der Waals surface area contributed by atoms with Crippen LogP contribution in [0.5, 0.6) is 5.75 Å². The molecule has 2 aromatic carbocycles. The Morgan fingerprint density at radius 2 is 2.04 bits per heavy atom. The van der Waals surface area contributed by atoms with Gasteiger partial charge in [-0.3, -0.25) is 4.79 Å². The highest BCUT2D eigenvalue weighted by Crippen LogP contribution is 2.35. The van der Waals surface area contributed by atoms with Gasteiger partial charge in [-0.1, -0.05) is 53.9 Å². The molecule has 1 N–H and O–H groups in total. The number of rotatable bonds is 6. The van der Waals surface area contributed by atoms with E-state index in [0.717, 1.165) is 28.0 Å². The lowest BCUT2D eigenvalue weighted by Crippen LogP contribution is -2.33. The molecule has 0 saturated carbocycles. The van der Waals surface area contributed by atoms with Gasteiger partial charge in [0, 0.05) is 12.3 Å². The van der Waals surface area contributed by atoms with E-state index >= 15 is 0 Å². The molecule has 3 rings (SSSR count). The Morgan fingerprint density at radius 3 is 2.81 bits per heavy atom. The number of amides is 1. The molecular weight excluding hydrogens is 364 g/mol. The normalized spacial score (nSPS) is 14.2. The van der Waals surface area contributed by atoms with Crippen molar-refractivity contribution >= 4 is 39.5 Å². The first-order chi connectivity index (χ1) is 12.7. The first-order valence-corrected chi connectivity index (χ1v) is 10.4. The van der Waals surface area contributed by atoms with Crippen molar-refractivity contribution in [2.24, 2.45) is 4.99 Å². The highest BCUT2D eigenvalue weighted by atomic mass is 32.2. The largest absolute Gasteiger partial charge is 0.497 e. The van der Waals surface area contributed by atoms with E-state index in [1.807, 2.05) is 49.4 Å². The molecule has 0 bridgehead atoms. The van der Waals surface area contributed by atoms with E-state index in [1.54, 1.807) is 18.9 Å². The number of methoxy groups -OCH3 is 1. The second kappa shape index (κ2) is 9.14. The third kappa shape index (κ3) is 5.05. The summed E-state index contributed by atoms with van der Waals surface area (Å²) in [5, 5.41) is 2.85. The van der Waals surface area contributed by atoms with Gasteiger partial charge in [-0.25, -0.2) is 4.99 Å². The zero-order valence-corrected chi connectivity index (χ0v) is 16.5. The van der Waals surface area contributed by atoms with Crippen molar-refractivity contribution in [3.8, 4) is 5.75 Å². The summed E-state index contributed by atoms with van der Waals surface area (Å²) in [6.45, 7) is 2.55. The lowest BCUT2D eigenvalue weighted by Gasteiger charge is -2.17. The summed E-state index contributed by atoms with van der Waals surface area (Å²) in [7, 11) is 1.65. The number of carbonyl (C=O) groups is 1. The SMILES string of the molecule is COc1ccc(CCNC(=O)C(C)SC2=Nc3ccccc3CS2)cc1. The molecule has 1 amide bonds. The molecular formula is C20H22N2O2S2. The number of ether oxygens (including phenoxy) is 1. The molecule has 1 heterocycles. The molecule has 0 saturated heterocycles. The Kier molecular flexibility index (Phi) is 6.63. The minimum atomic E-state index is -0.164. The third-order valence-electron chi connectivity index (χ3n) is 4.07. The second-order valence-corrected chi connectivity index (χ2v) is 8.50. The average molecular weight is 387 g/mol. The molecule has 0 aliphatic carbocycles. The Balaban J connectivity index is 1.47. The smallest absolute Gasteiger partial charge is 0.233 e. The van der Waals surface area contributed by atoms with Crippen molar-refractivity contribution in [1.82, 2.24) is 5.32 Å². The van der Waals surface area contributed by atoms with E-state index in [-0.39, 0.29) is 11.2 Å². The summed E-state index contributed by atoms with van der Waals surface area (Å²) in [5.41, 5.74) is 3.44. The molecule has 0 spiro atoms. The summed E-state index contributed by atoms with van der Waals surface area (Å²) in [6, 6.07) is 16.1. The van der Waals surface area contributed by atoms with Crippen LogP contribution in [0.15, 0.2) is 53.5 Å². The van der Waals surface area contributed by atoms with Gasteiger partial charge in [0.05, 0.1) is 18.0 Å². The van der Waals surface area contributed by atoms with Crippen molar-refractivity contribution in [2.75, 3.05) is 13.7 Å². The van der Waals surface area contributed by atoms with Crippen LogP contribution in [0.1, 0.15) is 18.1 Å². The fraction of sp³-hybridized carbons (Fsp3) is 0.300. The number of fused-ring (bicyclic) bond motifs is 1. The van der Waals surface area contributed by atoms with Crippen molar-refractivity contribution < 1.29 is 9.53 Å². The van der Waals surface area contributed by atoms with Gasteiger partial charge >= 0.3 is 0 Å². The monoisotopic (exact) mass is 386 g/mol. The van der Waals surface area contributed by atoms with Crippen LogP contribution >= 0.6 is 23.5 Å². The van der Waals surface area contributed by atoms with E-state index < -0.39 is 0 Å². The molecule has 1 aliphatic heterocycles. The zero-order chi connectivity index (χ0) is 18.4. The number of nitrogens with one attached hydrogen (secondary N) is 1. The maximum atomic E-state index is 12.3. The van der Waals surface area contributed by atoms with Crippen LogP contribution in [0.4, 0.5) is 5.69 Å². The van der Waals surface area contributed by atoms with Gasteiger partial charge in [0.25, 0.3) is 0 Å².